The molecule has 0 aromatic carbocycles. The molecule has 38 heavy (non-hydrogen) atoms. The Morgan fingerprint density at radius 1 is 1.42 bits per heavy atom. The molecule has 196 valence electrons. The van der Waals surface area contributed by atoms with Crippen LogP contribution >= 0.6 is 23.1 Å². The molecule has 5 rings (SSSR count). The Kier molecular flexibility index (Phi) is 6.86. The Morgan fingerprint density at radius 2 is 2.24 bits per heavy atom. The number of aliphatic carboxylic acids is 1. The third-order valence-electron chi connectivity index (χ3n) is 5.97. The number of nitrogen functional groups attached to an aromatic ring is 1. The maximum Gasteiger partial charge on any atom is 0.276 e. The molecule has 2 aliphatic heterocycles. The van der Waals surface area contributed by atoms with Crippen molar-refractivity contribution in [3.8, 4) is 0 Å². The fourth-order valence-electron chi connectivity index (χ4n) is 4.27. The lowest BCUT2D eigenvalue weighted by atomic mass is 10.0. The number of aldehydes is 1. The van der Waals surface area contributed by atoms with Crippen molar-refractivity contribution in [1.82, 2.24) is 19.6 Å². The molecule has 3 aromatic rings. The summed E-state index contributed by atoms with van der Waals surface area (Å²) >= 11 is 2.45. The summed E-state index contributed by atoms with van der Waals surface area (Å²) in [5.74, 6) is -2.46. The molecule has 0 saturated carbocycles. The highest BCUT2D eigenvalue weighted by Crippen LogP contribution is 2.40. The number of oxime groups is 1. The number of amides is 2. The number of carboxylic acids is 1. The summed E-state index contributed by atoms with van der Waals surface area (Å²) in [7, 11) is 0. The van der Waals surface area contributed by atoms with Crippen molar-refractivity contribution in [1.29, 1.82) is 0 Å². The zero-order chi connectivity index (χ0) is 27.0. The Morgan fingerprint density at radius 3 is 2.92 bits per heavy atom. The minimum Gasteiger partial charge on any atom is -0.543 e. The van der Waals surface area contributed by atoms with E-state index in [4.69, 9.17) is 10.6 Å². The van der Waals surface area contributed by atoms with Crippen molar-refractivity contribution in [2.24, 2.45) is 5.16 Å². The van der Waals surface area contributed by atoms with Gasteiger partial charge in [0.25, 0.3) is 11.8 Å². The van der Waals surface area contributed by atoms with Gasteiger partial charge in [0.1, 0.15) is 29.2 Å². The number of nitrogens with zero attached hydrogens (tertiary/aromatic N) is 5. The Labute approximate surface area is 223 Å². The summed E-state index contributed by atoms with van der Waals surface area (Å²) in [6.45, 7) is 2.10. The molecule has 13 nitrogen and oxygen atoms in total. The van der Waals surface area contributed by atoms with Crippen LogP contribution in [0.5, 0.6) is 0 Å². The van der Waals surface area contributed by atoms with Gasteiger partial charge in [-0.1, -0.05) is 5.16 Å². The second-order valence-electron chi connectivity index (χ2n) is 8.30. The van der Waals surface area contributed by atoms with Crippen LogP contribution in [0, 0.1) is 0 Å². The van der Waals surface area contributed by atoms with Crippen LogP contribution in [0.4, 0.5) is 5.13 Å². The highest BCUT2D eigenvalue weighted by atomic mass is 32.2. The predicted molar refractivity (Wildman–Crippen MR) is 135 cm³/mol. The van der Waals surface area contributed by atoms with Crippen molar-refractivity contribution in [2.45, 2.75) is 24.9 Å². The maximum atomic E-state index is 13.1. The molecule has 1 fully saturated rings. The quantitative estimate of drug-likeness (QED) is 0.109. The molecule has 15 heteroatoms. The average molecular weight is 556 g/mol. The highest BCUT2D eigenvalue weighted by Gasteiger charge is 2.53. The molecule has 0 aliphatic carbocycles. The van der Waals surface area contributed by atoms with Gasteiger partial charge in [0.05, 0.1) is 23.6 Å². The topological polar surface area (TPSA) is 175 Å². The third kappa shape index (κ3) is 4.50. The third-order valence-corrected chi connectivity index (χ3v) is 7.99. The molecule has 0 unspecified atom stereocenters. The number of β-lactam (4-membered cyclic amide) rings is 1. The first-order valence-electron chi connectivity index (χ1n) is 11.4. The number of thioether (sulfide) groups is 1. The molecular weight excluding hydrogens is 534 g/mol. The fourth-order valence-corrected chi connectivity index (χ4v) is 6.15. The lowest BCUT2D eigenvalue weighted by Crippen LogP contribution is -2.71. The molecule has 0 bridgehead atoms. The number of carboxylic acid groups (broad SMARTS) is 1. The van der Waals surface area contributed by atoms with Crippen molar-refractivity contribution in [3.05, 3.63) is 58.8 Å². The van der Waals surface area contributed by atoms with E-state index < -0.39 is 29.2 Å². The average Bonchev–Trinajstić information content (AvgIpc) is 3.52. The van der Waals surface area contributed by atoms with Crippen LogP contribution in [-0.2, 0) is 25.8 Å². The molecule has 3 aromatic heterocycles. The number of carbonyl (C=O) groups excluding carboxylic acids is 4. The number of hydrogen-bond acceptors (Lipinski definition) is 11. The number of rotatable bonds is 9. The molecular formula is C23H21N7O6S2. The van der Waals surface area contributed by atoms with Gasteiger partial charge in [0, 0.05) is 16.7 Å². The standard InChI is InChI=1S/C23H21N7O6S2/c1-2-36-27-16(15-11-38-23(24)25-15)19(32)26-17-20(33)30-18(22(34)35)12(10-37-21(17)30)7-28-5-6-29-13(8-28)3-4-14(29)9-31/h3-6,8-9,11,17,21H,2,7,10H2,1H3,(H3-,24,25,26,32,34,35)/b27-16-/t17-,21-/m1/s1. The van der Waals surface area contributed by atoms with E-state index in [-0.39, 0.29) is 35.4 Å². The fraction of sp³-hybridized carbons (Fsp3) is 0.261. The lowest BCUT2D eigenvalue weighted by molar-refractivity contribution is -0.688. The minimum atomic E-state index is -1.48. The number of thiazole rings is 1. The van der Waals surface area contributed by atoms with Gasteiger partial charge in [0.15, 0.2) is 36.1 Å². The van der Waals surface area contributed by atoms with Crippen LogP contribution in [0.1, 0.15) is 23.1 Å². The normalized spacial score (nSPS) is 19.2. The van der Waals surface area contributed by atoms with E-state index in [0.29, 0.717) is 17.0 Å². The molecule has 0 spiro atoms. The van der Waals surface area contributed by atoms with E-state index in [0.717, 1.165) is 28.0 Å². The van der Waals surface area contributed by atoms with Crippen LogP contribution in [0.15, 0.2) is 52.5 Å². The largest absolute Gasteiger partial charge is 0.543 e. The number of hydrogen-bond donors (Lipinski definition) is 2. The van der Waals surface area contributed by atoms with Crippen molar-refractivity contribution in [2.75, 3.05) is 18.1 Å². The summed E-state index contributed by atoms with van der Waals surface area (Å²) in [5.41, 5.74) is 7.25. The summed E-state index contributed by atoms with van der Waals surface area (Å²) in [6.07, 6.45) is 5.93. The second kappa shape index (κ2) is 10.3. The molecule has 2 amide bonds. The number of fused-ring (bicyclic) bond motifs is 2. The van der Waals surface area contributed by atoms with Crippen LogP contribution in [0.25, 0.3) is 5.52 Å². The molecule has 5 heterocycles. The number of nitrogens with one attached hydrogen (secondary N) is 1. The molecule has 3 N–H and O–H groups in total. The first-order valence-corrected chi connectivity index (χ1v) is 13.3. The predicted octanol–water partition coefficient (Wildman–Crippen LogP) is -1.08. The van der Waals surface area contributed by atoms with Crippen molar-refractivity contribution < 1.29 is 33.7 Å². The van der Waals surface area contributed by atoms with Crippen LogP contribution in [-0.4, -0.2) is 67.8 Å². The number of aromatic nitrogens is 3. The van der Waals surface area contributed by atoms with Gasteiger partial charge in [-0.25, -0.2) is 4.98 Å². The summed E-state index contributed by atoms with van der Waals surface area (Å²) in [6, 6.07) is 2.48. The van der Waals surface area contributed by atoms with Crippen LogP contribution in [0.3, 0.4) is 0 Å². The monoisotopic (exact) mass is 555 g/mol. The summed E-state index contributed by atoms with van der Waals surface area (Å²) in [5, 5.41) is 19.7. The van der Waals surface area contributed by atoms with Gasteiger partial charge in [0.2, 0.25) is 0 Å². The Hall–Kier alpha value is -4.24. The van der Waals surface area contributed by atoms with Crippen molar-refractivity contribution in [3.63, 3.8) is 0 Å². The van der Waals surface area contributed by atoms with E-state index in [1.54, 1.807) is 52.0 Å². The SMILES string of the molecule is CCO/N=C(\C(=O)N[C@@H]1C(=O)N2C(C(=O)[O-])=C(C[n+]3ccn4c(C=O)ccc4c3)CS[C@H]12)c1csc(N)n1. The minimum absolute atomic E-state index is 0.141. The zero-order valence-corrected chi connectivity index (χ0v) is 21.5. The van der Waals surface area contributed by atoms with Crippen LogP contribution < -0.4 is 20.7 Å². The van der Waals surface area contributed by atoms with Crippen molar-refractivity contribution >= 4 is 63.5 Å². The van der Waals surface area contributed by atoms with Crippen LogP contribution in [0.2, 0.25) is 0 Å². The van der Waals surface area contributed by atoms with E-state index in [1.165, 1.54) is 11.8 Å². The molecule has 0 radical (unpaired) electrons. The van der Waals surface area contributed by atoms with Gasteiger partial charge < -0.3 is 30.2 Å². The number of anilines is 1. The number of carbonyl (C=O) groups is 4. The van der Waals surface area contributed by atoms with Gasteiger partial charge in [-0.05, 0) is 19.1 Å². The summed E-state index contributed by atoms with van der Waals surface area (Å²) < 4.78 is 3.47. The van der Waals surface area contributed by atoms with Gasteiger partial charge in [-0.2, -0.15) is 4.57 Å². The smallest absolute Gasteiger partial charge is 0.276 e. The highest BCUT2D eigenvalue weighted by molar-refractivity contribution is 8.00. The molecule has 2 atom stereocenters. The first-order chi connectivity index (χ1) is 18.3. The summed E-state index contributed by atoms with van der Waals surface area (Å²) in [4.78, 5) is 59.6. The lowest BCUT2D eigenvalue weighted by Gasteiger charge is -2.50. The van der Waals surface area contributed by atoms with Gasteiger partial charge in [-0.3, -0.25) is 19.3 Å². The second-order valence-corrected chi connectivity index (χ2v) is 10.3. The van der Waals surface area contributed by atoms with E-state index in [2.05, 4.69) is 15.5 Å². The number of nitrogens with two attached hydrogens (primary N) is 1. The first kappa shape index (κ1) is 25.4. The van der Waals surface area contributed by atoms with E-state index in [1.807, 2.05) is 0 Å². The Bertz CT molecular complexity index is 1530. The zero-order valence-electron chi connectivity index (χ0n) is 19.9. The maximum absolute atomic E-state index is 13.1. The van der Waals surface area contributed by atoms with E-state index in [9.17, 15) is 24.3 Å². The Balaban J connectivity index is 1.35. The molecule has 1 saturated heterocycles. The molecule has 2 aliphatic rings. The van der Waals surface area contributed by atoms with E-state index >= 15 is 0 Å². The van der Waals surface area contributed by atoms with Gasteiger partial charge >= 0.3 is 0 Å². The van der Waals surface area contributed by atoms with Gasteiger partial charge in [-0.15, -0.1) is 23.1 Å².